The van der Waals surface area contributed by atoms with E-state index in [2.05, 4.69) is 27.9 Å². The van der Waals surface area contributed by atoms with E-state index in [0.717, 1.165) is 48.9 Å². The smallest absolute Gasteiger partial charge is 0.254 e. The van der Waals surface area contributed by atoms with Gasteiger partial charge in [0, 0.05) is 18.2 Å². The summed E-state index contributed by atoms with van der Waals surface area (Å²) in [6, 6.07) is 5.64. The minimum absolute atomic E-state index is 0.0720. The van der Waals surface area contributed by atoms with Crippen LogP contribution in [0.15, 0.2) is 18.2 Å². The predicted octanol–water partition coefficient (Wildman–Crippen LogP) is 2.60. The van der Waals surface area contributed by atoms with Crippen molar-refractivity contribution in [2.45, 2.75) is 31.7 Å². The van der Waals surface area contributed by atoms with Gasteiger partial charge in [0.15, 0.2) is 0 Å². The molecule has 1 aromatic rings. The number of carbonyl (C=O) groups excluding carboxylic acids is 1. The van der Waals surface area contributed by atoms with Crippen LogP contribution in [0.25, 0.3) is 0 Å². The van der Waals surface area contributed by atoms with E-state index < -0.39 is 0 Å². The number of benzene rings is 1. The van der Waals surface area contributed by atoms with Crippen LogP contribution in [0.1, 0.15) is 36.0 Å². The van der Waals surface area contributed by atoms with E-state index in [0.29, 0.717) is 17.5 Å². The Morgan fingerprint density at radius 2 is 2.00 bits per heavy atom. The summed E-state index contributed by atoms with van der Waals surface area (Å²) in [5.41, 5.74) is 0.605. The molecule has 0 aromatic heterocycles. The molecule has 0 radical (unpaired) electrons. The second-order valence-electron chi connectivity index (χ2n) is 6.05. The van der Waals surface area contributed by atoms with E-state index in [1.807, 2.05) is 11.0 Å². The number of carbonyl (C=O) groups is 1. The summed E-state index contributed by atoms with van der Waals surface area (Å²) in [5, 5.41) is 13.2. The highest BCUT2D eigenvalue weighted by molar-refractivity contribution is 14.1. The zero-order chi connectivity index (χ0) is 14.8. The Morgan fingerprint density at radius 3 is 2.62 bits per heavy atom. The molecule has 2 aliphatic rings. The van der Waals surface area contributed by atoms with Crippen LogP contribution in [0.2, 0.25) is 0 Å². The van der Waals surface area contributed by atoms with Gasteiger partial charge < -0.3 is 15.3 Å². The average Bonchev–Trinajstić information content (AvgIpc) is 3.33. The number of piperidine rings is 1. The molecule has 5 heteroatoms. The number of nitrogens with one attached hydrogen (secondary N) is 1. The largest absolute Gasteiger partial charge is 0.507 e. The van der Waals surface area contributed by atoms with Crippen molar-refractivity contribution in [3.8, 4) is 5.75 Å². The first-order valence-electron chi connectivity index (χ1n) is 7.65. The van der Waals surface area contributed by atoms with Crippen molar-refractivity contribution in [1.82, 2.24) is 10.2 Å². The Labute approximate surface area is 139 Å². The SMILES string of the molecule is O=C(c1ccc(I)c(O)c1)N(CC1CCNCC1)C1CC1. The third-order valence-electron chi connectivity index (χ3n) is 4.36. The van der Waals surface area contributed by atoms with Gasteiger partial charge in [0.05, 0.1) is 3.57 Å². The summed E-state index contributed by atoms with van der Waals surface area (Å²) < 4.78 is 0.778. The molecule has 1 aliphatic carbocycles. The van der Waals surface area contributed by atoms with Gasteiger partial charge in [-0.25, -0.2) is 0 Å². The highest BCUT2D eigenvalue weighted by Crippen LogP contribution is 2.31. The number of amides is 1. The number of nitrogens with zero attached hydrogens (tertiary/aromatic N) is 1. The molecule has 0 unspecified atom stereocenters. The standard InChI is InChI=1S/C16H21IN2O2/c17-14-4-1-12(9-15(14)20)16(21)19(13-2-3-13)10-11-5-7-18-8-6-11/h1,4,9,11,13,18,20H,2-3,5-8,10H2. The van der Waals surface area contributed by atoms with E-state index in [1.54, 1.807) is 12.1 Å². The fraction of sp³-hybridized carbons (Fsp3) is 0.562. The Morgan fingerprint density at radius 1 is 1.29 bits per heavy atom. The summed E-state index contributed by atoms with van der Waals surface area (Å²) in [6.45, 7) is 2.97. The molecule has 21 heavy (non-hydrogen) atoms. The van der Waals surface area contributed by atoms with Gasteiger partial charge in [0.25, 0.3) is 5.91 Å². The summed E-state index contributed by atoms with van der Waals surface area (Å²) >= 11 is 2.07. The molecule has 1 heterocycles. The fourth-order valence-electron chi connectivity index (χ4n) is 2.94. The molecule has 3 rings (SSSR count). The zero-order valence-corrected chi connectivity index (χ0v) is 14.2. The van der Waals surface area contributed by atoms with Gasteiger partial charge in [-0.1, -0.05) is 0 Å². The number of hydrogen-bond acceptors (Lipinski definition) is 3. The van der Waals surface area contributed by atoms with E-state index in [1.165, 1.54) is 0 Å². The molecule has 1 aromatic carbocycles. The van der Waals surface area contributed by atoms with Crippen molar-refractivity contribution in [2.75, 3.05) is 19.6 Å². The van der Waals surface area contributed by atoms with E-state index in [9.17, 15) is 9.90 Å². The lowest BCUT2D eigenvalue weighted by molar-refractivity contribution is 0.0701. The molecule has 1 saturated heterocycles. The van der Waals surface area contributed by atoms with Crippen LogP contribution in [0.4, 0.5) is 0 Å². The van der Waals surface area contributed by atoms with E-state index >= 15 is 0 Å². The average molecular weight is 400 g/mol. The van der Waals surface area contributed by atoms with Crippen LogP contribution < -0.4 is 5.32 Å². The number of halogens is 1. The van der Waals surface area contributed by atoms with Crippen LogP contribution in [-0.2, 0) is 0 Å². The first-order chi connectivity index (χ1) is 10.1. The van der Waals surface area contributed by atoms with Gasteiger partial charge >= 0.3 is 0 Å². The number of aromatic hydroxyl groups is 1. The highest BCUT2D eigenvalue weighted by atomic mass is 127. The maximum Gasteiger partial charge on any atom is 0.254 e. The molecule has 114 valence electrons. The first-order valence-corrected chi connectivity index (χ1v) is 8.73. The first kappa shape index (κ1) is 15.1. The van der Waals surface area contributed by atoms with Gasteiger partial charge in [-0.3, -0.25) is 4.79 Å². The molecule has 2 fully saturated rings. The van der Waals surface area contributed by atoms with Crippen molar-refractivity contribution in [3.63, 3.8) is 0 Å². The Kier molecular flexibility index (Phi) is 4.69. The summed E-state index contributed by atoms with van der Waals surface area (Å²) in [6.07, 6.45) is 4.53. The fourth-order valence-corrected chi connectivity index (χ4v) is 3.27. The quantitative estimate of drug-likeness (QED) is 0.765. The van der Waals surface area contributed by atoms with Crippen molar-refractivity contribution >= 4 is 28.5 Å². The van der Waals surface area contributed by atoms with Crippen LogP contribution in [0.5, 0.6) is 5.75 Å². The predicted molar refractivity (Wildman–Crippen MR) is 90.5 cm³/mol. The minimum atomic E-state index is 0.0720. The number of rotatable bonds is 4. The van der Waals surface area contributed by atoms with Crippen LogP contribution in [0, 0.1) is 9.49 Å². The third kappa shape index (κ3) is 3.69. The number of phenols is 1. The van der Waals surface area contributed by atoms with E-state index in [-0.39, 0.29) is 11.7 Å². The Hall–Kier alpha value is -0.820. The minimum Gasteiger partial charge on any atom is -0.507 e. The van der Waals surface area contributed by atoms with Gasteiger partial charge in [0.2, 0.25) is 0 Å². The Bertz CT molecular complexity index is 525. The molecule has 1 amide bonds. The van der Waals surface area contributed by atoms with Crippen LogP contribution in [0.3, 0.4) is 0 Å². The molecule has 2 N–H and O–H groups in total. The molecule has 0 spiro atoms. The van der Waals surface area contributed by atoms with Crippen molar-refractivity contribution in [3.05, 3.63) is 27.3 Å². The molecular weight excluding hydrogens is 379 g/mol. The van der Waals surface area contributed by atoms with Gasteiger partial charge in [-0.15, -0.1) is 0 Å². The molecular formula is C16H21IN2O2. The van der Waals surface area contributed by atoms with Crippen molar-refractivity contribution in [2.24, 2.45) is 5.92 Å². The summed E-state index contributed by atoms with van der Waals surface area (Å²) in [7, 11) is 0. The maximum absolute atomic E-state index is 12.8. The number of phenolic OH excluding ortho intramolecular Hbond substituents is 1. The van der Waals surface area contributed by atoms with Crippen LogP contribution in [-0.4, -0.2) is 41.6 Å². The van der Waals surface area contributed by atoms with Crippen LogP contribution >= 0.6 is 22.6 Å². The lowest BCUT2D eigenvalue weighted by Gasteiger charge is -2.30. The molecule has 1 saturated carbocycles. The molecule has 0 atom stereocenters. The second-order valence-corrected chi connectivity index (χ2v) is 7.21. The second kappa shape index (κ2) is 6.52. The maximum atomic E-state index is 12.8. The normalized spacial score (nSPS) is 19.5. The number of hydrogen-bond donors (Lipinski definition) is 2. The lowest BCUT2D eigenvalue weighted by atomic mass is 9.97. The Balaban J connectivity index is 1.73. The van der Waals surface area contributed by atoms with Gasteiger partial charge in [0.1, 0.15) is 5.75 Å². The molecule has 1 aliphatic heterocycles. The van der Waals surface area contributed by atoms with Gasteiger partial charge in [-0.2, -0.15) is 0 Å². The molecule has 4 nitrogen and oxygen atoms in total. The highest BCUT2D eigenvalue weighted by Gasteiger charge is 2.34. The monoisotopic (exact) mass is 400 g/mol. The van der Waals surface area contributed by atoms with E-state index in [4.69, 9.17) is 0 Å². The topological polar surface area (TPSA) is 52.6 Å². The summed E-state index contributed by atoms with van der Waals surface area (Å²) in [4.78, 5) is 14.8. The summed E-state index contributed by atoms with van der Waals surface area (Å²) in [5.74, 6) is 0.870. The van der Waals surface area contributed by atoms with Crippen molar-refractivity contribution < 1.29 is 9.90 Å². The third-order valence-corrected chi connectivity index (χ3v) is 5.27. The zero-order valence-electron chi connectivity index (χ0n) is 12.0. The molecule has 0 bridgehead atoms. The lowest BCUT2D eigenvalue weighted by Crippen LogP contribution is -2.40. The van der Waals surface area contributed by atoms with Gasteiger partial charge in [-0.05, 0) is 85.5 Å². The van der Waals surface area contributed by atoms with Crippen molar-refractivity contribution in [1.29, 1.82) is 0 Å².